The number of aliphatic hydroxyl groups is 1. The van der Waals surface area contributed by atoms with Crippen LogP contribution in [0.4, 0.5) is 5.82 Å². The molecular weight excluding hydrogens is 322 g/mol. The molecule has 0 fully saturated rings. The van der Waals surface area contributed by atoms with Crippen molar-refractivity contribution < 1.29 is 14.7 Å². The molecule has 0 aliphatic carbocycles. The van der Waals surface area contributed by atoms with Gasteiger partial charge in [0.2, 0.25) is 0 Å². The Balaban J connectivity index is 2.08. The fourth-order valence-electron chi connectivity index (χ4n) is 3.14. The zero-order valence-corrected chi connectivity index (χ0v) is 12.9. The average molecular weight is 335 g/mol. The van der Waals surface area contributed by atoms with Crippen LogP contribution < -0.4 is 16.6 Å². The lowest BCUT2D eigenvalue weighted by Gasteiger charge is -2.16. The third-order valence-electron chi connectivity index (χ3n) is 4.31. The van der Waals surface area contributed by atoms with Crippen molar-refractivity contribution in [3.63, 3.8) is 0 Å². The van der Waals surface area contributed by atoms with Gasteiger partial charge in [0.25, 0.3) is 17.4 Å². The molecule has 0 atom stereocenters. The molecule has 3 aromatic rings. The number of carbonyl (C=O) groups excluding carboxylic acids is 2. The molecular formula is C18H13N3O4. The van der Waals surface area contributed by atoms with E-state index in [0.29, 0.717) is 11.3 Å². The van der Waals surface area contributed by atoms with E-state index in [-0.39, 0.29) is 23.6 Å². The minimum Gasteiger partial charge on any atom is -0.392 e. The Bertz CT molecular complexity index is 1130. The summed E-state index contributed by atoms with van der Waals surface area (Å²) in [7, 11) is 0. The number of hydrogen-bond acceptors (Lipinski definition) is 5. The molecule has 0 saturated heterocycles. The summed E-state index contributed by atoms with van der Waals surface area (Å²) in [4.78, 5) is 36.3. The highest BCUT2D eigenvalue weighted by Crippen LogP contribution is 2.27. The fraction of sp³-hybridized carbons (Fsp3) is 0.0556. The number of nitrogens with one attached hydrogen (secondary N) is 1. The number of aromatic nitrogens is 1. The first-order valence-corrected chi connectivity index (χ1v) is 7.55. The smallest absolute Gasteiger partial charge is 0.262 e. The van der Waals surface area contributed by atoms with Gasteiger partial charge in [-0.3, -0.25) is 24.3 Å². The van der Waals surface area contributed by atoms with Crippen LogP contribution in [0.2, 0.25) is 0 Å². The lowest BCUT2D eigenvalue weighted by atomic mass is 10.0. The van der Waals surface area contributed by atoms with Crippen molar-refractivity contribution in [3.8, 4) is 5.69 Å². The molecule has 1 aromatic heterocycles. The van der Waals surface area contributed by atoms with E-state index in [1.807, 2.05) is 24.3 Å². The maximum absolute atomic E-state index is 12.6. The molecule has 0 radical (unpaired) electrons. The van der Waals surface area contributed by atoms with Gasteiger partial charge in [0.05, 0.1) is 23.4 Å². The molecule has 4 rings (SSSR count). The van der Waals surface area contributed by atoms with Crippen molar-refractivity contribution in [3.05, 3.63) is 69.5 Å². The summed E-state index contributed by atoms with van der Waals surface area (Å²) in [5.74, 6) is -1.41. The Kier molecular flexibility index (Phi) is 3.19. The van der Waals surface area contributed by atoms with Crippen LogP contribution in [0.1, 0.15) is 26.3 Å². The lowest BCUT2D eigenvalue weighted by Crippen LogP contribution is -2.25. The van der Waals surface area contributed by atoms with E-state index in [2.05, 4.69) is 5.32 Å². The van der Waals surface area contributed by atoms with E-state index in [1.54, 1.807) is 12.1 Å². The topological polar surface area (TPSA) is 114 Å². The van der Waals surface area contributed by atoms with Crippen LogP contribution in [-0.4, -0.2) is 21.5 Å². The molecule has 25 heavy (non-hydrogen) atoms. The summed E-state index contributed by atoms with van der Waals surface area (Å²) in [5, 5.41) is 13.6. The quantitative estimate of drug-likeness (QED) is 0.603. The van der Waals surface area contributed by atoms with Crippen molar-refractivity contribution in [1.29, 1.82) is 0 Å². The monoisotopic (exact) mass is 335 g/mol. The van der Waals surface area contributed by atoms with Crippen LogP contribution in [0.15, 0.2) is 47.3 Å². The minimum atomic E-state index is -0.642. The highest BCUT2D eigenvalue weighted by Gasteiger charge is 2.32. The van der Waals surface area contributed by atoms with Gasteiger partial charge in [0, 0.05) is 11.6 Å². The van der Waals surface area contributed by atoms with Gasteiger partial charge in [-0.15, -0.1) is 0 Å². The van der Waals surface area contributed by atoms with Crippen LogP contribution >= 0.6 is 0 Å². The number of benzene rings is 2. The Morgan fingerprint density at radius 3 is 2.36 bits per heavy atom. The zero-order chi connectivity index (χ0) is 17.7. The third-order valence-corrected chi connectivity index (χ3v) is 4.31. The van der Waals surface area contributed by atoms with E-state index in [1.165, 1.54) is 0 Å². The van der Waals surface area contributed by atoms with Gasteiger partial charge in [0.15, 0.2) is 0 Å². The van der Waals surface area contributed by atoms with Gasteiger partial charge in [-0.05, 0) is 22.9 Å². The second kappa shape index (κ2) is 5.29. The van der Waals surface area contributed by atoms with Gasteiger partial charge >= 0.3 is 0 Å². The predicted octanol–water partition coefficient (Wildman–Crippen LogP) is 0.949. The zero-order valence-electron chi connectivity index (χ0n) is 12.9. The summed E-state index contributed by atoms with van der Waals surface area (Å²) in [6.45, 7) is -0.311. The number of nitrogens with two attached hydrogens (primary N) is 1. The third kappa shape index (κ3) is 2.14. The van der Waals surface area contributed by atoms with E-state index >= 15 is 0 Å². The lowest BCUT2D eigenvalue weighted by molar-refractivity contribution is 0.0880. The molecule has 0 saturated carbocycles. The van der Waals surface area contributed by atoms with Gasteiger partial charge < -0.3 is 10.8 Å². The standard InChI is InChI=1S/C18H13N3O4/c19-16-15-12(17(24)20-18(15)25)7-14(23)21(16)13-6-10-4-2-1-3-9(10)5-11(13)8-22/h1-7,22H,8,19H2,(H,20,24,25). The summed E-state index contributed by atoms with van der Waals surface area (Å²) in [6, 6.07) is 12.0. The summed E-state index contributed by atoms with van der Waals surface area (Å²) in [5.41, 5.74) is 6.30. The number of fused-ring (bicyclic) bond motifs is 2. The van der Waals surface area contributed by atoms with Crippen LogP contribution in [0, 0.1) is 0 Å². The number of hydrogen-bond donors (Lipinski definition) is 3. The molecule has 0 spiro atoms. The maximum atomic E-state index is 12.6. The van der Waals surface area contributed by atoms with E-state index in [9.17, 15) is 19.5 Å². The van der Waals surface area contributed by atoms with Crippen molar-refractivity contribution in [1.82, 2.24) is 9.88 Å². The number of nitrogen functional groups attached to an aromatic ring is 1. The SMILES string of the molecule is Nc1c2c(cc(=O)n1-c1cc3ccccc3cc1CO)C(=O)NC2=O. The molecule has 0 unspecified atom stereocenters. The van der Waals surface area contributed by atoms with Crippen molar-refractivity contribution in [2.24, 2.45) is 0 Å². The first-order valence-electron chi connectivity index (χ1n) is 7.55. The summed E-state index contributed by atoms with van der Waals surface area (Å²) >= 11 is 0. The number of anilines is 1. The molecule has 2 heterocycles. The Morgan fingerprint density at radius 1 is 1.00 bits per heavy atom. The van der Waals surface area contributed by atoms with Crippen LogP contribution in [0.3, 0.4) is 0 Å². The molecule has 0 bridgehead atoms. The Labute approximate surface area is 141 Å². The first kappa shape index (κ1) is 15.1. The fourth-order valence-corrected chi connectivity index (χ4v) is 3.14. The molecule has 1 aliphatic heterocycles. The largest absolute Gasteiger partial charge is 0.392 e. The van der Waals surface area contributed by atoms with Gasteiger partial charge in [0.1, 0.15) is 5.82 Å². The van der Waals surface area contributed by atoms with Gasteiger partial charge in [-0.25, -0.2) is 0 Å². The Hall–Kier alpha value is -3.45. The molecule has 124 valence electrons. The number of aliphatic hydroxyl groups excluding tert-OH is 1. The average Bonchev–Trinajstić information content (AvgIpc) is 2.88. The number of amides is 2. The van der Waals surface area contributed by atoms with Crippen molar-refractivity contribution in [2.45, 2.75) is 6.61 Å². The number of imide groups is 1. The van der Waals surface area contributed by atoms with E-state index in [0.717, 1.165) is 21.4 Å². The normalized spacial score (nSPS) is 13.2. The van der Waals surface area contributed by atoms with Crippen LogP contribution in [0.25, 0.3) is 16.5 Å². The summed E-state index contributed by atoms with van der Waals surface area (Å²) < 4.78 is 1.15. The maximum Gasteiger partial charge on any atom is 0.262 e. The highest BCUT2D eigenvalue weighted by molar-refractivity contribution is 6.23. The number of pyridine rings is 1. The Morgan fingerprint density at radius 2 is 1.68 bits per heavy atom. The van der Waals surface area contributed by atoms with Crippen molar-refractivity contribution in [2.75, 3.05) is 5.73 Å². The number of rotatable bonds is 2. The minimum absolute atomic E-state index is 0.0263. The van der Waals surface area contributed by atoms with Gasteiger partial charge in [-0.2, -0.15) is 0 Å². The van der Waals surface area contributed by atoms with Crippen LogP contribution in [0.5, 0.6) is 0 Å². The second-order valence-electron chi connectivity index (χ2n) is 5.76. The van der Waals surface area contributed by atoms with Gasteiger partial charge in [-0.1, -0.05) is 24.3 Å². The van der Waals surface area contributed by atoms with Crippen LogP contribution in [-0.2, 0) is 6.61 Å². The predicted molar refractivity (Wildman–Crippen MR) is 91.7 cm³/mol. The van der Waals surface area contributed by atoms with E-state index < -0.39 is 17.4 Å². The first-order chi connectivity index (χ1) is 12.0. The molecule has 4 N–H and O–H groups in total. The second-order valence-corrected chi connectivity index (χ2v) is 5.76. The molecule has 7 heteroatoms. The molecule has 2 aromatic carbocycles. The van der Waals surface area contributed by atoms with E-state index in [4.69, 9.17) is 5.73 Å². The number of carbonyl (C=O) groups is 2. The molecule has 7 nitrogen and oxygen atoms in total. The summed E-state index contributed by atoms with van der Waals surface area (Å²) in [6.07, 6.45) is 0. The van der Waals surface area contributed by atoms with Crippen molar-refractivity contribution >= 4 is 28.4 Å². The number of nitrogens with zero attached hydrogens (tertiary/aromatic N) is 1. The highest BCUT2D eigenvalue weighted by atomic mass is 16.3. The molecule has 2 amide bonds. The molecule has 1 aliphatic rings.